The molecule has 1 atom stereocenters. The molecule has 1 aromatic heterocycles. The maximum Gasteiger partial charge on any atom is 0.168 e. The number of halogens is 1. The van der Waals surface area contributed by atoms with Crippen molar-refractivity contribution < 1.29 is 9.63 Å². The second-order valence-corrected chi connectivity index (χ2v) is 4.26. The lowest BCUT2D eigenvalue weighted by Crippen LogP contribution is -2.36. The highest BCUT2D eigenvalue weighted by molar-refractivity contribution is 6.31. The molecule has 0 fully saturated rings. The molecule has 17 heavy (non-hydrogen) atoms. The van der Waals surface area contributed by atoms with E-state index in [1.165, 1.54) is 0 Å². The number of Topliss-reactive ketones (excluding diaryl/α,β-unsaturated/α-hetero) is 1. The van der Waals surface area contributed by atoms with Crippen molar-refractivity contribution in [3.05, 3.63) is 24.5 Å². The van der Waals surface area contributed by atoms with E-state index in [-0.39, 0.29) is 12.4 Å². The summed E-state index contributed by atoms with van der Waals surface area (Å²) in [7, 11) is 0. The van der Waals surface area contributed by atoms with Gasteiger partial charge in [0.2, 0.25) is 0 Å². The summed E-state index contributed by atoms with van der Waals surface area (Å²) in [5.41, 5.74) is 0. The Morgan fingerprint density at radius 1 is 1.35 bits per heavy atom. The number of hydrogen-bond donors (Lipinski definition) is 0. The van der Waals surface area contributed by atoms with E-state index in [0.29, 0.717) is 6.54 Å². The van der Waals surface area contributed by atoms with Crippen LogP contribution >= 0.6 is 11.6 Å². The number of hydrogen-bond acceptors (Lipinski definition) is 3. The summed E-state index contributed by atoms with van der Waals surface area (Å²) in [6.45, 7) is 6.33. The summed E-state index contributed by atoms with van der Waals surface area (Å²) < 4.78 is 1.54. The average molecular weight is 259 g/mol. The van der Waals surface area contributed by atoms with Gasteiger partial charge in [-0.3, -0.25) is 9.69 Å². The first-order valence-electron chi connectivity index (χ1n) is 5.82. The number of alkyl halides is 1. The molecule has 0 N–H and O–H groups in total. The number of ketones is 1. The molecule has 1 heterocycles. The molecule has 4 nitrogen and oxygen atoms in total. The largest absolute Gasteiger partial charge is 0.412 e. The summed E-state index contributed by atoms with van der Waals surface area (Å²) in [6, 6.07) is 3.70. The Morgan fingerprint density at radius 3 is 2.47 bits per heavy atom. The molecule has 1 aromatic rings. The predicted octanol–water partition coefficient (Wildman–Crippen LogP) is 1.43. The second-order valence-electron chi connectivity index (χ2n) is 3.73. The summed E-state index contributed by atoms with van der Waals surface area (Å²) in [5.74, 6) is 0.00234. The maximum absolute atomic E-state index is 11.8. The van der Waals surface area contributed by atoms with Gasteiger partial charge in [0.1, 0.15) is 12.0 Å². The van der Waals surface area contributed by atoms with Crippen molar-refractivity contribution in [3.63, 3.8) is 0 Å². The van der Waals surface area contributed by atoms with E-state index in [0.717, 1.165) is 13.1 Å². The number of aromatic nitrogens is 1. The lowest BCUT2D eigenvalue weighted by molar-refractivity contribution is -0.120. The molecule has 1 rings (SSSR count). The molecule has 0 radical (unpaired) electrons. The van der Waals surface area contributed by atoms with Crippen LogP contribution in [0, 0.1) is 0 Å². The first-order valence-corrected chi connectivity index (χ1v) is 6.26. The van der Waals surface area contributed by atoms with E-state index < -0.39 is 5.38 Å². The van der Waals surface area contributed by atoms with Crippen LogP contribution in [0.5, 0.6) is 0 Å². The molecule has 0 aliphatic rings. The molecule has 0 aliphatic carbocycles. The van der Waals surface area contributed by atoms with Crippen molar-refractivity contribution >= 4 is 17.4 Å². The van der Waals surface area contributed by atoms with E-state index in [1.807, 2.05) is 30.9 Å². The van der Waals surface area contributed by atoms with Crippen LogP contribution in [0.25, 0.3) is 0 Å². The minimum absolute atomic E-state index is 0.00234. The van der Waals surface area contributed by atoms with Gasteiger partial charge in [0, 0.05) is 12.4 Å². The van der Waals surface area contributed by atoms with Crippen LogP contribution in [-0.4, -0.2) is 47.0 Å². The predicted molar refractivity (Wildman–Crippen MR) is 68.3 cm³/mol. The standard InChI is InChI=1S/C12H19ClN2O2/c1-3-14(4-2)9-12(16)11(13)10-17-15-7-5-6-8-15/h5-8,11H,3-4,9-10H2,1-2H3. The van der Waals surface area contributed by atoms with E-state index in [4.69, 9.17) is 16.4 Å². The van der Waals surface area contributed by atoms with Crippen LogP contribution in [0.3, 0.4) is 0 Å². The first-order chi connectivity index (χ1) is 8.17. The van der Waals surface area contributed by atoms with Gasteiger partial charge < -0.3 is 4.84 Å². The SMILES string of the molecule is CCN(CC)CC(=O)C(Cl)COn1cccc1. The zero-order valence-corrected chi connectivity index (χ0v) is 11.1. The van der Waals surface area contributed by atoms with Gasteiger partial charge in [-0.05, 0) is 25.2 Å². The summed E-state index contributed by atoms with van der Waals surface area (Å²) >= 11 is 5.99. The van der Waals surface area contributed by atoms with E-state index in [2.05, 4.69) is 0 Å². The highest BCUT2D eigenvalue weighted by atomic mass is 35.5. The van der Waals surface area contributed by atoms with Gasteiger partial charge in [-0.2, -0.15) is 4.73 Å². The first kappa shape index (κ1) is 14.1. The molecule has 1 unspecified atom stereocenters. The lowest BCUT2D eigenvalue weighted by Gasteiger charge is -2.18. The van der Waals surface area contributed by atoms with Crippen LogP contribution < -0.4 is 4.84 Å². The Morgan fingerprint density at radius 2 is 1.94 bits per heavy atom. The molecule has 0 aliphatic heterocycles. The molecule has 96 valence electrons. The molecule has 0 aromatic carbocycles. The molecule has 5 heteroatoms. The smallest absolute Gasteiger partial charge is 0.168 e. The third-order valence-corrected chi connectivity index (χ3v) is 2.94. The van der Waals surface area contributed by atoms with Crippen LogP contribution in [0.1, 0.15) is 13.8 Å². The van der Waals surface area contributed by atoms with E-state index >= 15 is 0 Å². The fourth-order valence-electron chi connectivity index (χ4n) is 1.42. The Bertz CT molecular complexity index is 323. The van der Waals surface area contributed by atoms with Gasteiger partial charge in [0.15, 0.2) is 5.78 Å². The molecular formula is C12H19ClN2O2. The Kier molecular flexibility index (Phi) is 6.08. The average Bonchev–Trinajstić information content (AvgIpc) is 2.85. The minimum Gasteiger partial charge on any atom is -0.412 e. The van der Waals surface area contributed by atoms with Gasteiger partial charge in [-0.15, -0.1) is 11.6 Å². The monoisotopic (exact) mass is 258 g/mol. The van der Waals surface area contributed by atoms with Crippen molar-refractivity contribution in [1.29, 1.82) is 0 Å². The van der Waals surface area contributed by atoms with Crippen LogP contribution in [0.4, 0.5) is 0 Å². The van der Waals surface area contributed by atoms with Crippen molar-refractivity contribution in [2.45, 2.75) is 19.2 Å². The normalized spacial score (nSPS) is 12.7. The zero-order chi connectivity index (χ0) is 12.7. The third-order valence-electron chi connectivity index (χ3n) is 2.57. The molecule has 0 amide bonds. The van der Waals surface area contributed by atoms with Crippen molar-refractivity contribution in [3.8, 4) is 0 Å². The van der Waals surface area contributed by atoms with E-state index in [1.54, 1.807) is 17.1 Å². The van der Waals surface area contributed by atoms with Crippen molar-refractivity contribution in [1.82, 2.24) is 9.63 Å². The Labute approximate surface area is 107 Å². The quantitative estimate of drug-likeness (QED) is 0.662. The number of nitrogens with zero attached hydrogens (tertiary/aromatic N) is 2. The highest BCUT2D eigenvalue weighted by Crippen LogP contribution is 2.00. The van der Waals surface area contributed by atoms with Crippen LogP contribution in [-0.2, 0) is 4.79 Å². The highest BCUT2D eigenvalue weighted by Gasteiger charge is 2.18. The van der Waals surface area contributed by atoms with Gasteiger partial charge in [0.05, 0.1) is 6.54 Å². The third kappa shape index (κ3) is 4.79. The molecule has 0 saturated heterocycles. The number of carbonyl (C=O) groups excluding carboxylic acids is 1. The number of likely N-dealkylation sites (N-methyl/N-ethyl adjacent to an activating group) is 1. The summed E-state index contributed by atoms with van der Waals surface area (Å²) in [5, 5.41) is -0.599. The number of rotatable bonds is 8. The second kappa shape index (κ2) is 7.35. The minimum atomic E-state index is -0.599. The van der Waals surface area contributed by atoms with Crippen molar-refractivity contribution in [2.75, 3.05) is 26.2 Å². The topological polar surface area (TPSA) is 34.5 Å². The van der Waals surface area contributed by atoms with Crippen LogP contribution in [0.15, 0.2) is 24.5 Å². The number of carbonyl (C=O) groups is 1. The molecule has 0 saturated carbocycles. The molecule has 0 bridgehead atoms. The fourth-order valence-corrected chi connectivity index (χ4v) is 1.54. The maximum atomic E-state index is 11.8. The summed E-state index contributed by atoms with van der Waals surface area (Å²) in [6.07, 6.45) is 3.52. The van der Waals surface area contributed by atoms with Crippen molar-refractivity contribution in [2.24, 2.45) is 0 Å². The Hall–Kier alpha value is -1.00. The van der Waals surface area contributed by atoms with Gasteiger partial charge in [-0.25, -0.2) is 0 Å². The van der Waals surface area contributed by atoms with Gasteiger partial charge in [0.25, 0.3) is 0 Å². The zero-order valence-electron chi connectivity index (χ0n) is 10.3. The fraction of sp³-hybridized carbons (Fsp3) is 0.583. The van der Waals surface area contributed by atoms with Crippen LogP contribution in [0.2, 0.25) is 0 Å². The van der Waals surface area contributed by atoms with Gasteiger partial charge >= 0.3 is 0 Å². The van der Waals surface area contributed by atoms with E-state index in [9.17, 15) is 4.79 Å². The lowest BCUT2D eigenvalue weighted by atomic mass is 10.2. The molecule has 0 spiro atoms. The Balaban J connectivity index is 2.31. The summed E-state index contributed by atoms with van der Waals surface area (Å²) in [4.78, 5) is 19.1. The molecular weight excluding hydrogens is 240 g/mol. The van der Waals surface area contributed by atoms with Gasteiger partial charge in [-0.1, -0.05) is 13.8 Å².